The Bertz CT molecular complexity index is 246. The molecule has 0 aliphatic carbocycles. The quantitative estimate of drug-likeness (QED) is 0.261. The Morgan fingerprint density at radius 2 is 1.14 bits per heavy atom. The van der Waals surface area contributed by atoms with E-state index < -0.39 is 0 Å². The summed E-state index contributed by atoms with van der Waals surface area (Å²) in [7, 11) is 0. The summed E-state index contributed by atoms with van der Waals surface area (Å²) in [6, 6.07) is 0. The molecule has 0 saturated carbocycles. The topological polar surface area (TPSA) is 0 Å². The van der Waals surface area contributed by atoms with Gasteiger partial charge in [0.1, 0.15) is 0 Å². The molecule has 22 heavy (non-hydrogen) atoms. The summed E-state index contributed by atoms with van der Waals surface area (Å²) >= 11 is 2.37. The van der Waals surface area contributed by atoms with E-state index in [0.717, 1.165) is 17.6 Å². The van der Waals surface area contributed by atoms with Gasteiger partial charge in [0.15, 0.2) is 0 Å². The highest BCUT2D eigenvalue weighted by Crippen LogP contribution is 2.50. The molecule has 0 atom stereocenters. The van der Waals surface area contributed by atoms with Crippen molar-refractivity contribution in [3.63, 3.8) is 0 Å². The van der Waals surface area contributed by atoms with Crippen LogP contribution in [0.3, 0.4) is 0 Å². The molecule has 0 aromatic rings. The fraction of sp³-hybridized carbons (Fsp3) is 1.00. The van der Waals surface area contributed by atoms with Crippen molar-refractivity contribution in [3.05, 3.63) is 0 Å². The highest BCUT2D eigenvalue weighted by molar-refractivity contribution is 8.25. The third-order valence-corrected chi connectivity index (χ3v) is 7.72. The van der Waals surface area contributed by atoms with Gasteiger partial charge in [-0.1, -0.05) is 115 Å². The summed E-state index contributed by atoms with van der Waals surface area (Å²) < 4.78 is 0. The predicted molar refractivity (Wildman–Crippen MR) is 105 cm³/mol. The standard InChI is InChI=1S/C20H39BS/c1-2-3-4-5-6-7-8-9-10-11-18-22-21-19-14-12-15-20(21)17-13-16-19/h19-20H,2-18H2,1H3. The molecule has 0 aromatic carbocycles. The minimum absolute atomic E-state index is 1.06. The summed E-state index contributed by atoms with van der Waals surface area (Å²) in [6.45, 7) is 2.30. The van der Waals surface area contributed by atoms with Crippen LogP contribution in [0.4, 0.5) is 0 Å². The molecular weight excluding hydrogens is 283 g/mol. The molecule has 2 fully saturated rings. The molecule has 128 valence electrons. The first-order valence-electron chi connectivity index (χ1n) is 10.5. The highest BCUT2D eigenvalue weighted by Gasteiger charge is 2.39. The third kappa shape index (κ3) is 6.89. The summed E-state index contributed by atoms with van der Waals surface area (Å²) in [5.41, 5.74) is 0. The van der Waals surface area contributed by atoms with Crippen LogP contribution in [0.15, 0.2) is 0 Å². The molecule has 2 heteroatoms. The van der Waals surface area contributed by atoms with E-state index in [9.17, 15) is 0 Å². The van der Waals surface area contributed by atoms with Gasteiger partial charge >= 0.3 is 0 Å². The van der Waals surface area contributed by atoms with Crippen LogP contribution in [-0.4, -0.2) is 11.7 Å². The fourth-order valence-electron chi connectivity index (χ4n) is 4.70. The predicted octanol–water partition coefficient (Wildman–Crippen LogP) is 7.74. The minimum Gasteiger partial charge on any atom is -0.209 e. The van der Waals surface area contributed by atoms with Crippen molar-refractivity contribution in [2.45, 2.75) is 121 Å². The smallest absolute Gasteiger partial charge is 0.209 e. The first-order valence-corrected chi connectivity index (χ1v) is 11.6. The van der Waals surface area contributed by atoms with Crippen LogP contribution in [0.1, 0.15) is 110 Å². The molecule has 2 heterocycles. The van der Waals surface area contributed by atoms with E-state index >= 15 is 0 Å². The van der Waals surface area contributed by atoms with Gasteiger partial charge in [-0.3, -0.25) is 0 Å². The van der Waals surface area contributed by atoms with Crippen molar-refractivity contribution in [2.75, 3.05) is 5.75 Å². The summed E-state index contributed by atoms with van der Waals surface area (Å²) in [5, 5.41) is 0. The Kier molecular flexibility index (Phi) is 10.1. The first kappa shape index (κ1) is 18.7. The van der Waals surface area contributed by atoms with E-state index in [2.05, 4.69) is 18.5 Å². The zero-order valence-corrected chi connectivity index (χ0v) is 16.0. The molecule has 0 N–H and O–H groups in total. The number of fused-ring (bicyclic) bond motifs is 2. The van der Waals surface area contributed by atoms with Crippen LogP contribution in [0.25, 0.3) is 0 Å². The Labute approximate surface area is 145 Å². The molecule has 0 radical (unpaired) electrons. The maximum Gasteiger partial charge on any atom is 0.215 e. The highest BCUT2D eigenvalue weighted by atomic mass is 32.2. The van der Waals surface area contributed by atoms with Gasteiger partial charge in [-0.2, -0.15) is 0 Å². The molecule has 2 aliphatic rings. The van der Waals surface area contributed by atoms with Crippen molar-refractivity contribution in [1.82, 2.24) is 0 Å². The lowest BCUT2D eigenvalue weighted by molar-refractivity contribution is 0.451. The lowest BCUT2D eigenvalue weighted by atomic mass is 9.42. The zero-order valence-electron chi connectivity index (χ0n) is 15.2. The molecule has 2 bridgehead atoms. The van der Waals surface area contributed by atoms with Gasteiger partial charge in [0.25, 0.3) is 0 Å². The van der Waals surface area contributed by atoms with Gasteiger partial charge in [0, 0.05) is 0 Å². The Hall–Kier alpha value is 0.415. The first-order chi connectivity index (χ1) is 10.9. The van der Waals surface area contributed by atoms with E-state index in [1.165, 1.54) is 82.8 Å². The van der Waals surface area contributed by atoms with E-state index in [1.807, 2.05) is 0 Å². The second kappa shape index (κ2) is 11.9. The molecule has 0 spiro atoms. The summed E-state index contributed by atoms with van der Waals surface area (Å²) in [4.78, 5) is 0. The van der Waals surface area contributed by atoms with E-state index in [1.54, 1.807) is 25.7 Å². The number of unbranched alkanes of at least 4 members (excludes halogenated alkanes) is 9. The Balaban J connectivity index is 1.40. The summed E-state index contributed by atoms with van der Waals surface area (Å²) in [5.74, 6) is 4.70. The van der Waals surface area contributed by atoms with Gasteiger partial charge in [-0.05, 0) is 12.2 Å². The van der Waals surface area contributed by atoms with Gasteiger partial charge in [-0.25, -0.2) is 11.6 Å². The molecule has 0 nitrogen and oxygen atoms in total. The van der Waals surface area contributed by atoms with Gasteiger partial charge in [0.2, 0.25) is 5.99 Å². The fourth-order valence-corrected chi connectivity index (χ4v) is 6.43. The van der Waals surface area contributed by atoms with Crippen LogP contribution in [0.2, 0.25) is 11.6 Å². The van der Waals surface area contributed by atoms with Crippen molar-refractivity contribution in [3.8, 4) is 0 Å². The Morgan fingerprint density at radius 1 is 0.682 bits per heavy atom. The van der Waals surface area contributed by atoms with Crippen molar-refractivity contribution in [2.24, 2.45) is 0 Å². The van der Waals surface area contributed by atoms with Crippen molar-refractivity contribution < 1.29 is 0 Å². The van der Waals surface area contributed by atoms with Crippen LogP contribution in [-0.2, 0) is 0 Å². The molecular formula is C20H39BS. The average molecular weight is 322 g/mol. The SMILES string of the molecule is CCCCCCCCCCCCSB1C2CCCC1CCC2. The molecule has 2 saturated heterocycles. The zero-order chi connectivity index (χ0) is 15.5. The maximum atomic E-state index is 2.37. The third-order valence-electron chi connectivity index (χ3n) is 6.04. The average Bonchev–Trinajstić information content (AvgIpc) is 2.52. The van der Waals surface area contributed by atoms with Crippen LogP contribution >= 0.6 is 11.6 Å². The van der Waals surface area contributed by atoms with Crippen molar-refractivity contribution in [1.29, 1.82) is 0 Å². The lowest BCUT2D eigenvalue weighted by Gasteiger charge is -2.40. The second-order valence-corrected chi connectivity index (χ2v) is 9.19. The van der Waals surface area contributed by atoms with Gasteiger partial charge in [0.05, 0.1) is 0 Å². The van der Waals surface area contributed by atoms with Crippen LogP contribution in [0, 0.1) is 0 Å². The number of hydrogen-bond donors (Lipinski definition) is 0. The molecule has 0 amide bonds. The van der Waals surface area contributed by atoms with Gasteiger partial charge < -0.3 is 0 Å². The number of hydrogen-bond acceptors (Lipinski definition) is 1. The maximum absolute atomic E-state index is 2.37. The Morgan fingerprint density at radius 3 is 1.64 bits per heavy atom. The minimum atomic E-state index is 1.06. The van der Waals surface area contributed by atoms with Crippen molar-refractivity contribution >= 4 is 17.6 Å². The molecule has 2 rings (SSSR count). The normalized spacial score (nSPS) is 24.7. The molecule has 0 aromatic heterocycles. The van der Waals surface area contributed by atoms with E-state index in [4.69, 9.17) is 0 Å². The molecule has 2 aliphatic heterocycles. The largest absolute Gasteiger partial charge is 0.215 e. The lowest BCUT2D eigenvalue weighted by Crippen LogP contribution is -2.32. The molecule has 0 unspecified atom stereocenters. The second-order valence-electron chi connectivity index (χ2n) is 7.90. The van der Waals surface area contributed by atoms with Gasteiger partial charge in [-0.15, -0.1) is 0 Å². The van der Waals surface area contributed by atoms with E-state index in [-0.39, 0.29) is 0 Å². The number of rotatable bonds is 12. The van der Waals surface area contributed by atoms with Crippen LogP contribution < -0.4 is 0 Å². The van der Waals surface area contributed by atoms with E-state index in [0.29, 0.717) is 0 Å². The monoisotopic (exact) mass is 322 g/mol. The van der Waals surface area contributed by atoms with Crippen LogP contribution in [0.5, 0.6) is 0 Å². The summed E-state index contributed by atoms with van der Waals surface area (Å²) in [6.07, 6.45) is 24.0.